The first kappa shape index (κ1) is 21.0. The van der Waals surface area contributed by atoms with Crippen molar-refractivity contribution in [1.82, 2.24) is 15.6 Å². The molecule has 0 saturated heterocycles. The van der Waals surface area contributed by atoms with E-state index in [0.717, 1.165) is 52.7 Å². The number of hydrogen-bond donors (Lipinski definition) is 2. The third-order valence-corrected chi connectivity index (χ3v) is 5.83. The van der Waals surface area contributed by atoms with Crippen LogP contribution in [0.25, 0.3) is 21.7 Å². The Morgan fingerprint density at radius 3 is 2.24 bits per heavy atom. The van der Waals surface area contributed by atoms with Crippen molar-refractivity contribution in [3.8, 4) is 27.4 Å². The number of carbonyl (C=O) groups excluding carboxylic acids is 1. The average Bonchev–Trinajstić information content (AvgIpc) is 3.15. The standard InChI is InChI=1S/C23H27N3O2S/c1-4-24-14-5-15-25-22(27)21-16(2)26-23(29-21)19-8-6-17(7-9-19)18-10-12-20(28-3)13-11-18/h6-13,24H,4-5,14-15H2,1-3H3,(H,25,27). The minimum Gasteiger partial charge on any atom is -0.497 e. The number of benzene rings is 2. The number of aromatic nitrogens is 1. The highest BCUT2D eigenvalue weighted by atomic mass is 32.1. The van der Waals surface area contributed by atoms with Gasteiger partial charge in [0.15, 0.2) is 0 Å². The number of aryl methyl sites for hydroxylation is 1. The molecule has 0 bridgehead atoms. The largest absolute Gasteiger partial charge is 0.497 e. The summed E-state index contributed by atoms with van der Waals surface area (Å²) in [6, 6.07) is 16.3. The molecule has 0 spiro atoms. The predicted molar refractivity (Wildman–Crippen MR) is 120 cm³/mol. The van der Waals surface area contributed by atoms with E-state index in [9.17, 15) is 4.79 Å². The van der Waals surface area contributed by atoms with Gasteiger partial charge in [0.25, 0.3) is 5.91 Å². The number of rotatable bonds is 9. The lowest BCUT2D eigenvalue weighted by atomic mass is 10.0. The van der Waals surface area contributed by atoms with E-state index >= 15 is 0 Å². The number of nitrogens with one attached hydrogen (secondary N) is 2. The minimum absolute atomic E-state index is 0.0439. The van der Waals surface area contributed by atoms with Crippen LogP contribution in [-0.2, 0) is 0 Å². The van der Waals surface area contributed by atoms with Gasteiger partial charge in [-0.05, 0) is 49.7 Å². The number of thiazole rings is 1. The highest BCUT2D eigenvalue weighted by molar-refractivity contribution is 7.17. The third-order valence-electron chi connectivity index (χ3n) is 4.62. The van der Waals surface area contributed by atoms with E-state index in [0.29, 0.717) is 11.4 Å². The van der Waals surface area contributed by atoms with Crippen molar-refractivity contribution in [2.24, 2.45) is 0 Å². The van der Waals surface area contributed by atoms with Crippen LogP contribution in [-0.4, -0.2) is 37.6 Å². The fourth-order valence-corrected chi connectivity index (χ4v) is 3.98. The third kappa shape index (κ3) is 5.43. The maximum Gasteiger partial charge on any atom is 0.263 e. The summed E-state index contributed by atoms with van der Waals surface area (Å²) >= 11 is 1.44. The molecule has 1 heterocycles. The first-order chi connectivity index (χ1) is 14.1. The Bertz CT molecular complexity index is 934. The molecule has 0 fully saturated rings. The molecule has 2 aromatic carbocycles. The molecular weight excluding hydrogens is 382 g/mol. The lowest BCUT2D eigenvalue weighted by molar-refractivity contribution is 0.0956. The highest BCUT2D eigenvalue weighted by Gasteiger charge is 2.16. The van der Waals surface area contributed by atoms with Crippen LogP contribution < -0.4 is 15.4 Å². The topological polar surface area (TPSA) is 63.2 Å². The van der Waals surface area contributed by atoms with Crippen LogP contribution in [0.3, 0.4) is 0 Å². The van der Waals surface area contributed by atoms with Gasteiger partial charge in [-0.15, -0.1) is 11.3 Å². The van der Waals surface area contributed by atoms with Gasteiger partial charge in [0, 0.05) is 12.1 Å². The van der Waals surface area contributed by atoms with Crippen LogP contribution >= 0.6 is 11.3 Å². The van der Waals surface area contributed by atoms with Gasteiger partial charge in [-0.2, -0.15) is 0 Å². The van der Waals surface area contributed by atoms with Crippen LogP contribution in [0.5, 0.6) is 5.75 Å². The molecule has 0 saturated carbocycles. The van der Waals surface area contributed by atoms with E-state index in [1.807, 2.05) is 31.2 Å². The fraction of sp³-hybridized carbons (Fsp3) is 0.304. The quantitative estimate of drug-likeness (QED) is 0.510. The zero-order chi connectivity index (χ0) is 20.6. The summed E-state index contributed by atoms with van der Waals surface area (Å²) in [5.41, 5.74) is 4.05. The number of carbonyl (C=O) groups is 1. The van der Waals surface area contributed by atoms with Gasteiger partial charge in [-0.1, -0.05) is 43.3 Å². The molecule has 29 heavy (non-hydrogen) atoms. The fourth-order valence-electron chi connectivity index (χ4n) is 2.99. The Balaban J connectivity index is 1.67. The summed E-state index contributed by atoms with van der Waals surface area (Å²) in [6.45, 7) is 6.48. The monoisotopic (exact) mass is 409 g/mol. The number of ether oxygens (including phenoxy) is 1. The Kier molecular flexibility index (Phi) is 7.38. The van der Waals surface area contributed by atoms with Gasteiger partial charge in [0.05, 0.1) is 12.8 Å². The maximum absolute atomic E-state index is 12.5. The van der Waals surface area contributed by atoms with E-state index in [1.165, 1.54) is 11.3 Å². The zero-order valence-electron chi connectivity index (χ0n) is 17.1. The van der Waals surface area contributed by atoms with E-state index in [4.69, 9.17) is 4.74 Å². The van der Waals surface area contributed by atoms with Crippen molar-refractivity contribution in [2.75, 3.05) is 26.7 Å². The number of hydrogen-bond acceptors (Lipinski definition) is 5. The van der Waals surface area contributed by atoms with Crippen molar-refractivity contribution in [3.63, 3.8) is 0 Å². The van der Waals surface area contributed by atoms with E-state index < -0.39 is 0 Å². The molecule has 5 nitrogen and oxygen atoms in total. The zero-order valence-corrected chi connectivity index (χ0v) is 17.9. The first-order valence-electron chi connectivity index (χ1n) is 9.83. The van der Waals surface area contributed by atoms with Crippen molar-refractivity contribution >= 4 is 17.2 Å². The second kappa shape index (κ2) is 10.2. The molecule has 6 heteroatoms. The van der Waals surface area contributed by atoms with Gasteiger partial charge in [-0.25, -0.2) is 4.98 Å². The molecule has 0 radical (unpaired) electrons. The number of nitrogens with zero attached hydrogens (tertiary/aromatic N) is 1. The lowest BCUT2D eigenvalue weighted by Crippen LogP contribution is -2.27. The Morgan fingerprint density at radius 2 is 1.62 bits per heavy atom. The molecule has 1 aromatic heterocycles. The summed E-state index contributed by atoms with van der Waals surface area (Å²) in [6.07, 6.45) is 0.914. The van der Waals surface area contributed by atoms with E-state index in [2.05, 4.69) is 46.8 Å². The Hall–Kier alpha value is -2.70. The number of amides is 1. The summed E-state index contributed by atoms with van der Waals surface area (Å²) in [4.78, 5) is 17.8. The summed E-state index contributed by atoms with van der Waals surface area (Å²) in [5.74, 6) is 0.800. The maximum atomic E-state index is 12.5. The van der Waals surface area contributed by atoms with Crippen molar-refractivity contribution in [3.05, 3.63) is 59.1 Å². The van der Waals surface area contributed by atoms with Crippen LogP contribution in [0, 0.1) is 6.92 Å². The van der Waals surface area contributed by atoms with Gasteiger partial charge in [0.2, 0.25) is 0 Å². The summed E-state index contributed by atoms with van der Waals surface area (Å²) in [5, 5.41) is 7.10. The summed E-state index contributed by atoms with van der Waals surface area (Å²) in [7, 11) is 1.66. The molecule has 0 aliphatic carbocycles. The minimum atomic E-state index is -0.0439. The molecule has 3 rings (SSSR count). The Morgan fingerprint density at radius 1 is 1.00 bits per heavy atom. The molecule has 2 N–H and O–H groups in total. The molecule has 0 atom stereocenters. The predicted octanol–water partition coefficient (Wildman–Crippen LogP) is 4.52. The van der Waals surface area contributed by atoms with Gasteiger partial charge in [0.1, 0.15) is 15.6 Å². The number of methoxy groups -OCH3 is 1. The lowest BCUT2D eigenvalue weighted by Gasteiger charge is -2.05. The van der Waals surface area contributed by atoms with Crippen molar-refractivity contribution in [1.29, 1.82) is 0 Å². The van der Waals surface area contributed by atoms with Crippen LogP contribution in [0.1, 0.15) is 28.7 Å². The molecule has 0 aliphatic rings. The second-order valence-corrected chi connectivity index (χ2v) is 7.70. The van der Waals surface area contributed by atoms with Gasteiger partial charge >= 0.3 is 0 Å². The van der Waals surface area contributed by atoms with Crippen molar-refractivity contribution in [2.45, 2.75) is 20.3 Å². The second-order valence-electron chi connectivity index (χ2n) is 6.70. The van der Waals surface area contributed by atoms with Gasteiger partial charge in [-0.3, -0.25) is 4.79 Å². The molecule has 152 valence electrons. The van der Waals surface area contributed by atoms with Crippen LogP contribution in [0.2, 0.25) is 0 Å². The normalized spacial score (nSPS) is 10.7. The smallest absolute Gasteiger partial charge is 0.263 e. The molecule has 3 aromatic rings. The molecule has 0 aliphatic heterocycles. The Labute approximate surface area is 176 Å². The first-order valence-corrected chi connectivity index (χ1v) is 10.6. The SMILES string of the molecule is CCNCCCNC(=O)c1sc(-c2ccc(-c3ccc(OC)cc3)cc2)nc1C. The molecule has 1 amide bonds. The van der Waals surface area contributed by atoms with E-state index in [1.54, 1.807) is 7.11 Å². The summed E-state index contributed by atoms with van der Waals surface area (Å²) < 4.78 is 5.21. The van der Waals surface area contributed by atoms with Crippen LogP contribution in [0.4, 0.5) is 0 Å². The van der Waals surface area contributed by atoms with E-state index in [-0.39, 0.29) is 5.91 Å². The molecule has 0 unspecified atom stereocenters. The van der Waals surface area contributed by atoms with Gasteiger partial charge < -0.3 is 15.4 Å². The molecular formula is C23H27N3O2S. The van der Waals surface area contributed by atoms with Crippen LogP contribution in [0.15, 0.2) is 48.5 Å². The van der Waals surface area contributed by atoms with Crippen molar-refractivity contribution < 1.29 is 9.53 Å². The average molecular weight is 410 g/mol. The highest BCUT2D eigenvalue weighted by Crippen LogP contribution is 2.30.